The van der Waals surface area contributed by atoms with Crippen LogP contribution in [0.5, 0.6) is 0 Å². The monoisotopic (exact) mass is 532 g/mol. The summed E-state index contributed by atoms with van der Waals surface area (Å²) in [5.41, 5.74) is 1.42. The second kappa shape index (κ2) is 10.2. The van der Waals surface area contributed by atoms with Crippen LogP contribution in [-0.2, 0) is 19.1 Å². The van der Waals surface area contributed by atoms with E-state index in [9.17, 15) is 19.5 Å². The number of halogens is 1. The highest BCUT2D eigenvalue weighted by atomic mass is 35.5. The van der Waals surface area contributed by atoms with Gasteiger partial charge in [-0.05, 0) is 44.7 Å². The van der Waals surface area contributed by atoms with Crippen LogP contribution < -0.4 is 4.90 Å². The molecule has 4 rings (SSSR count). The molecule has 7 nitrogen and oxygen atoms in total. The number of carbonyl (C=O) groups excluding carboxylic acids is 3. The smallest absolute Gasteiger partial charge is 0.311 e. The summed E-state index contributed by atoms with van der Waals surface area (Å²) in [6.07, 6.45) is 4.80. The Labute approximate surface area is 221 Å². The predicted octanol–water partition coefficient (Wildman–Crippen LogP) is 3.76. The Morgan fingerprint density at radius 2 is 2.08 bits per heavy atom. The van der Waals surface area contributed by atoms with E-state index < -0.39 is 33.3 Å². The van der Waals surface area contributed by atoms with Crippen LogP contribution in [0.15, 0.2) is 43.5 Å². The van der Waals surface area contributed by atoms with Crippen molar-refractivity contribution in [2.24, 2.45) is 11.8 Å². The van der Waals surface area contributed by atoms with Gasteiger partial charge in [-0.2, -0.15) is 0 Å². The number of hydrogen-bond donors (Lipinski definition) is 1. The number of amides is 2. The quantitative estimate of drug-likeness (QED) is 0.365. The maximum atomic E-state index is 14.5. The summed E-state index contributed by atoms with van der Waals surface area (Å²) in [6, 6.07) is 4.65. The topological polar surface area (TPSA) is 87.1 Å². The van der Waals surface area contributed by atoms with E-state index in [1.54, 1.807) is 33.7 Å². The molecule has 2 amide bonds. The van der Waals surface area contributed by atoms with Crippen LogP contribution in [0.1, 0.15) is 31.7 Å². The number of ether oxygens (including phenoxy) is 1. The van der Waals surface area contributed by atoms with Crippen molar-refractivity contribution >= 4 is 46.8 Å². The van der Waals surface area contributed by atoms with E-state index in [1.807, 2.05) is 26.0 Å². The molecule has 194 valence electrons. The highest BCUT2D eigenvalue weighted by Gasteiger charge is 2.77. The Morgan fingerprint density at radius 3 is 2.72 bits per heavy atom. The molecule has 0 aromatic heterocycles. The van der Waals surface area contributed by atoms with Gasteiger partial charge in [-0.25, -0.2) is 0 Å². The number of aliphatic hydroxyl groups excluding tert-OH is 1. The second-order valence-electron chi connectivity index (χ2n) is 9.90. The first kappa shape index (κ1) is 26.8. The number of fused-ring (bicyclic) bond motifs is 1. The number of para-hydroxylation sites is 1. The Kier molecular flexibility index (Phi) is 7.60. The predicted molar refractivity (Wildman–Crippen MR) is 142 cm³/mol. The van der Waals surface area contributed by atoms with Gasteiger partial charge in [0.25, 0.3) is 5.91 Å². The van der Waals surface area contributed by atoms with Gasteiger partial charge >= 0.3 is 5.97 Å². The van der Waals surface area contributed by atoms with Gasteiger partial charge in [0, 0.05) is 24.4 Å². The number of carbonyl (C=O) groups is 3. The number of aryl methyl sites for hydroxylation is 1. The van der Waals surface area contributed by atoms with Gasteiger partial charge in [-0.15, -0.1) is 18.3 Å². The zero-order chi connectivity index (χ0) is 26.3. The number of aliphatic hydroxyl groups is 1. The number of nitrogens with zero attached hydrogens (tertiary/aromatic N) is 2. The van der Waals surface area contributed by atoms with Gasteiger partial charge < -0.3 is 19.6 Å². The summed E-state index contributed by atoms with van der Waals surface area (Å²) in [5.74, 6) is -2.24. The molecule has 5 atom stereocenters. The summed E-state index contributed by atoms with van der Waals surface area (Å²) < 4.78 is 4.15. The van der Waals surface area contributed by atoms with Crippen LogP contribution in [-0.4, -0.2) is 69.6 Å². The molecule has 2 unspecified atom stereocenters. The molecule has 3 aliphatic heterocycles. The van der Waals surface area contributed by atoms with Crippen LogP contribution in [0.4, 0.5) is 5.69 Å². The van der Waals surface area contributed by atoms with Crippen molar-refractivity contribution in [3.05, 3.63) is 54.1 Å². The van der Waals surface area contributed by atoms with Gasteiger partial charge in [-0.1, -0.05) is 42.5 Å². The van der Waals surface area contributed by atoms with E-state index >= 15 is 0 Å². The van der Waals surface area contributed by atoms with Crippen molar-refractivity contribution < 1.29 is 24.2 Å². The van der Waals surface area contributed by atoms with Crippen LogP contribution >= 0.6 is 23.4 Å². The Hall–Kier alpha value is -2.29. The summed E-state index contributed by atoms with van der Waals surface area (Å²) >= 11 is 8.15. The lowest BCUT2D eigenvalue weighted by Gasteiger charge is -2.37. The summed E-state index contributed by atoms with van der Waals surface area (Å²) in [4.78, 5) is 44.8. The highest BCUT2D eigenvalue weighted by molar-refractivity contribution is 8.02. The minimum absolute atomic E-state index is 0.0689. The lowest BCUT2D eigenvalue weighted by molar-refractivity contribution is -0.154. The number of esters is 1. The maximum Gasteiger partial charge on any atom is 0.311 e. The fourth-order valence-electron chi connectivity index (χ4n) is 6.31. The van der Waals surface area contributed by atoms with Gasteiger partial charge in [0.05, 0.1) is 27.3 Å². The molecule has 3 aliphatic rings. The number of hydrogen-bond acceptors (Lipinski definition) is 6. The van der Waals surface area contributed by atoms with Gasteiger partial charge in [0.15, 0.2) is 0 Å². The summed E-state index contributed by atoms with van der Waals surface area (Å²) in [5, 5.41) is 9.98. The minimum Gasteiger partial charge on any atom is -0.461 e. The molecular weight excluding hydrogens is 500 g/mol. The normalized spacial score (nSPS) is 30.3. The minimum atomic E-state index is -0.804. The lowest BCUT2D eigenvalue weighted by Crippen LogP contribution is -2.55. The van der Waals surface area contributed by atoms with Crippen LogP contribution in [0.25, 0.3) is 0 Å². The number of thioether (sulfide) groups is 1. The molecule has 2 bridgehead atoms. The van der Waals surface area contributed by atoms with Gasteiger partial charge in [0.2, 0.25) is 5.91 Å². The molecule has 9 heteroatoms. The number of rotatable bonds is 10. The second-order valence-corrected chi connectivity index (χ2v) is 12.2. The zero-order valence-corrected chi connectivity index (χ0v) is 22.3. The molecule has 1 spiro atoms. The number of benzene rings is 1. The first-order valence-electron chi connectivity index (χ1n) is 12.2. The third kappa shape index (κ3) is 4.07. The van der Waals surface area contributed by atoms with Crippen molar-refractivity contribution in [3.8, 4) is 0 Å². The molecule has 1 aromatic carbocycles. The van der Waals surface area contributed by atoms with E-state index in [1.165, 1.54) is 6.08 Å². The third-order valence-corrected chi connectivity index (χ3v) is 9.99. The number of likely N-dealkylation sites (tertiary alicyclic amines) is 1. The molecule has 1 N–H and O–H groups in total. The van der Waals surface area contributed by atoms with Crippen LogP contribution in [0.3, 0.4) is 0 Å². The van der Waals surface area contributed by atoms with E-state index in [4.69, 9.17) is 16.3 Å². The van der Waals surface area contributed by atoms with E-state index in [0.717, 1.165) is 5.56 Å². The Morgan fingerprint density at radius 1 is 1.33 bits per heavy atom. The molecule has 0 saturated carbocycles. The van der Waals surface area contributed by atoms with Crippen molar-refractivity contribution in [2.45, 2.75) is 48.6 Å². The average molecular weight is 533 g/mol. The summed E-state index contributed by atoms with van der Waals surface area (Å²) in [6.45, 7) is 11.7. The molecule has 36 heavy (non-hydrogen) atoms. The van der Waals surface area contributed by atoms with Crippen LogP contribution in [0, 0.1) is 18.8 Å². The van der Waals surface area contributed by atoms with E-state index in [2.05, 4.69) is 13.2 Å². The molecule has 3 heterocycles. The Bertz CT molecular complexity index is 1080. The van der Waals surface area contributed by atoms with Crippen molar-refractivity contribution in [2.75, 3.05) is 31.2 Å². The Balaban J connectivity index is 1.81. The maximum absolute atomic E-state index is 14.5. The largest absolute Gasteiger partial charge is 0.461 e. The fourth-order valence-corrected chi connectivity index (χ4v) is 8.97. The van der Waals surface area contributed by atoms with Crippen LogP contribution in [0.2, 0.25) is 5.02 Å². The molecule has 3 fully saturated rings. The molecule has 0 radical (unpaired) electrons. The van der Waals surface area contributed by atoms with Crippen molar-refractivity contribution in [1.82, 2.24) is 4.90 Å². The highest BCUT2D eigenvalue weighted by Crippen LogP contribution is 2.71. The number of anilines is 1. The molecule has 0 aliphatic carbocycles. The SMILES string of the molecule is C=CCOC(=O)[C@H]1[C@H]2C(=O)N(CCCO)C(C(=O)N(CC=C)c3c(C)cccc3Cl)C23CC[C@]1(C)S3. The standard InChI is InChI=1S/C27H33ClN2O5S/c1-5-13-29(21-17(3)9-7-10-18(21)28)24(33)22-27-12-11-26(4,36-27)20(25(34)35-16-6-2)19(27)23(32)30(22)14-8-15-31/h5-7,9-10,19-20,22,31H,1-2,8,11-16H2,3-4H3/t19-,20+,22?,26-,27?/m0/s1. The molecular formula is C27H33ClN2O5S. The average Bonchev–Trinajstić information content (AvgIpc) is 3.40. The van der Waals surface area contributed by atoms with E-state index in [0.29, 0.717) is 30.0 Å². The first-order valence-corrected chi connectivity index (χ1v) is 13.4. The lowest BCUT2D eigenvalue weighted by atomic mass is 9.66. The fraction of sp³-hybridized carbons (Fsp3) is 0.519. The van der Waals surface area contributed by atoms with Gasteiger partial charge in [-0.3, -0.25) is 14.4 Å². The van der Waals surface area contributed by atoms with Gasteiger partial charge in [0.1, 0.15) is 12.6 Å². The third-order valence-electron chi connectivity index (χ3n) is 7.70. The van der Waals surface area contributed by atoms with Crippen molar-refractivity contribution in [3.63, 3.8) is 0 Å². The zero-order valence-electron chi connectivity index (χ0n) is 20.7. The molecule has 1 aromatic rings. The van der Waals surface area contributed by atoms with Crippen molar-refractivity contribution in [1.29, 1.82) is 0 Å². The molecule has 3 saturated heterocycles. The van der Waals surface area contributed by atoms with E-state index in [-0.39, 0.29) is 38.1 Å². The first-order chi connectivity index (χ1) is 17.2. The summed E-state index contributed by atoms with van der Waals surface area (Å²) in [7, 11) is 0.